The van der Waals surface area contributed by atoms with Gasteiger partial charge in [-0.2, -0.15) is 0 Å². The quantitative estimate of drug-likeness (QED) is 0.364. The third-order valence-corrected chi connectivity index (χ3v) is 3.57. The van der Waals surface area contributed by atoms with Gasteiger partial charge in [-0.1, -0.05) is 84.0 Å². The number of unbranched alkanes of at least 4 members (excludes halogenated alkanes) is 11. The van der Waals surface area contributed by atoms with Gasteiger partial charge in [-0.25, -0.2) is 0 Å². The molecule has 2 N–H and O–H groups in total. The monoisotopic (exact) mass is 255 g/mol. The summed E-state index contributed by atoms with van der Waals surface area (Å²) in [6, 6.07) is -0.229. The Bertz CT molecular complexity index is 170. The van der Waals surface area contributed by atoms with Crippen molar-refractivity contribution in [2.45, 2.75) is 96.4 Å². The van der Waals surface area contributed by atoms with Crippen LogP contribution in [0, 0.1) is 0 Å². The van der Waals surface area contributed by atoms with E-state index in [9.17, 15) is 4.79 Å². The number of hydrogen-bond acceptors (Lipinski definition) is 2. The summed E-state index contributed by atoms with van der Waals surface area (Å²) in [7, 11) is 0. The summed E-state index contributed by atoms with van der Waals surface area (Å²) in [5.41, 5.74) is 5.54. The molecule has 0 rings (SSSR count). The molecule has 0 aromatic heterocycles. The third-order valence-electron chi connectivity index (χ3n) is 3.57. The predicted octanol–water partition coefficient (Wildman–Crippen LogP) is 4.60. The molecular weight excluding hydrogens is 222 g/mol. The molecular formula is C16H33NO. The van der Waals surface area contributed by atoms with Crippen molar-refractivity contribution in [1.82, 2.24) is 0 Å². The fourth-order valence-electron chi connectivity index (χ4n) is 2.29. The average Bonchev–Trinajstić information content (AvgIpc) is 2.39. The van der Waals surface area contributed by atoms with Crippen molar-refractivity contribution >= 4 is 6.29 Å². The highest BCUT2D eigenvalue weighted by molar-refractivity contribution is 5.56. The van der Waals surface area contributed by atoms with Crippen LogP contribution in [0.3, 0.4) is 0 Å². The first-order valence-electron chi connectivity index (χ1n) is 8.02. The zero-order chi connectivity index (χ0) is 13.5. The maximum absolute atomic E-state index is 10.3. The SMILES string of the molecule is CCCCCCCCCCCCCCC(N)C=O. The molecule has 0 heterocycles. The first-order chi connectivity index (χ1) is 8.81. The standard InChI is InChI=1S/C16H33NO/c1-2-3-4-5-6-7-8-9-10-11-12-13-14-16(17)15-18/h15-16H,2-14,17H2,1H3. The van der Waals surface area contributed by atoms with Gasteiger partial charge in [0, 0.05) is 0 Å². The second-order valence-electron chi connectivity index (χ2n) is 5.48. The summed E-state index contributed by atoms with van der Waals surface area (Å²) < 4.78 is 0. The van der Waals surface area contributed by atoms with E-state index in [0.717, 1.165) is 19.1 Å². The van der Waals surface area contributed by atoms with Crippen LogP contribution in [-0.4, -0.2) is 12.3 Å². The van der Waals surface area contributed by atoms with E-state index in [1.807, 2.05) is 0 Å². The summed E-state index contributed by atoms with van der Waals surface area (Å²) in [6.07, 6.45) is 17.9. The second kappa shape index (κ2) is 14.7. The molecule has 0 aliphatic carbocycles. The fraction of sp³-hybridized carbons (Fsp3) is 0.938. The molecule has 0 aliphatic rings. The number of rotatable bonds is 14. The van der Waals surface area contributed by atoms with E-state index in [1.165, 1.54) is 70.6 Å². The lowest BCUT2D eigenvalue weighted by atomic mass is 10.0. The van der Waals surface area contributed by atoms with Crippen LogP contribution in [0.1, 0.15) is 90.4 Å². The van der Waals surface area contributed by atoms with Crippen LogP contribution >= 0.6 is 0 Å². The van der Waals surface area contributed by atoms with E-state index in [1.54, 1.807) is 0 Å². The van der Waals surface area contributed by atoms with Crippen LogP contribution in [0.25, 0.3) is 0 Å². The first kappa shape index (κ1) is 17.6. The summed E-state index contributed by atoms with van der Waals surface area (Å²) in [5, 5.41) is 0. The minimum atomic E-state index is -0.229. The van der Waals surface area contributed by atoms with Crippen molar-refractivity contribution in [3.8, 4) is 0 Å². The van der Waals surface area contributed by atoms with Gasteiger partial charge in [0.25, 0.3) is 0 Å². The molecule has 1 atom stereocenters. The van der Waals surface area contributed by atoms with Crippen molar-refractivity contribution in [1.29, 1.82) is 0 Å². The molecule has 0 saturated carbocycles. The van der Waals surface area contributed by atoms with E-state index < -0.39 is 0 Å². The average molecular weight is 255 g/mol. The molecule has 108 valence electrons. The minimum absolute atomic E-state index is 0.229. The highest BCUT2D eigenvalue weighted by Crippen LogP contribution is 2.12. The third kappa shape index (κ3) is 13.7. The Hall–Kier alpha value is -0.370. The van der Waals surface area contributed by atoms with E-state index in [4.69, 9.17) is 5.73 Å². The molecule has 0 spiro atoms. The van der Waals surface area contributed by atoms with Gasteiger partial charge >= 0.3 is 0 Å². The second-order valence-corrected chi connectivity index (χ2v) is 5.48. The summed E-state index contributed by atoms with van der Waals surface area (Å²) in [6.45, 7) is 2.27. The van der Waals surface area contributed by atoms with E-state index in [2.05, 4.69) is 6.92 Å². The van der Waals surface area contributed by atoms with Crippen molar-refractivity contribution in [3.05, 3.63) is 0 Å². The first-order valence-corrected chi connectivity index (χ1v) is 8.02. The predicted molar refractivity (Wildman–Crippen MR) is 79.7 cm³/mol. The van der Waals surface area contributed by atoms with Gasteiger partial charge in [-0.15, -0.1) is 0 Å². The van der Waals surface area contributed by atoms with Crippen molar-refractivity contribution in [2.75, 3.05) is 0 Å². The molecule has 18 heavy (non-hydrogen) atoms. The lowest BCUT2D eigenvalue weighted by Gasteiger charge is -2.04. The number of nitrogens with two attached hydrogens (primary N) is 1. The Kier molecular flexibility index (Phi) is 14.4. The Morgan fingerprint density at radius 2 is 1.17 bits per heavy atom. The van der Waals surface area contributed by atoms with Crippen molar-refractivity contribution in [3.63, 3.8) is 0 Å². The lowest BCUT2D eigenvalue weighted by molar-refractivity contribution is -0.109. The van der Waals surface area contributed by atoms with Crippen LogP contribution in [0.15, 0.2) is 0 Å². The molecule has 0 fully saturated rings. The number of hydrogen-bond donors (Lipinski definition) is 1. The smallest absolute Gasteiger partial charge is 0.136 e. The Balaban J connectivity index is 2.96. The molecule has 0 amide bonds. The van der Waals surface area contributed by atoms with Crippen LogP contribution in [0.2, 0.25) is 0 Å². The molecule has 2 nitrogen and oxygen atoms in total. The number of carbonyl (C=O) groups excluding carboxylic acids is 1. The largest absolute Gasteiger partial charge is 0.322 e. The van der Waals surface area contributed by atoms with Crippen LogP contribution in [-0.2, 0) is 4.79 Å². The maximum Gasteiger partial charge on any atom is 0.136 e. The molecule has 0 aromatic rings. The van der Waals surface area contributed by atoms with Gasteiger partial charge < -0.3 is 10.5 Å². The molecule has 0 aromatic carbocycles. The molecule has 1 unspecified atom stereocenters. The molecule has 0 radical (unpaired) electrons. The van der Waals surface area contributed by atoms with Crippen LogP contribution in [0.4, 0.5) is 0 Å². The van der Waals surface area contributed by atoms with E-state index in [0.29, 0.717) is 0 Å². The zero-order valence-corrected chi connectivity index (χ0v) is 12.3. The summed E-state index contributed by atoms with van der Waals surface area (Å²) in [4.78, 5) is 10.3. The molecule has 0 aliphatic heterocycles. The van der Waals surface area contributed by atoms with Gasteiger partial charge in [-0.05, 0) is 6.42 Å². The number of aldehydes is 1. The Morgan fingerprint density at radius 3 is 1.56 bits per heavy atom. The van der Waals surface area contributed by atoms with Crippen molar-refractivity contribution in [2.24, 2.45) is 5.73 Å². The maximum atomic E-state index is 10.3. The number of carbonyl (C=O) groups is 1. The highest BCUT2D eigenvalue weighted by atomic mass is 16.1. The lowest BCUT2D eigenvalue weighted by Crippen LogP contribution is -2.20. The van der Waals surface area contributed by atoms with Gasteiger partial charge in [0.2, 0.25) is 0 Å². The summed E-state index contributed by atoms with van der Waals surface area (Å²) in [5.74, 6) is 0. The van der Waals surface area contributed by atoms with Gasteiger partial charge in [-0.3, -0.25) is 0 Å². The zero-order valence-electron chi connectivity index (χ0n) is 12.3. The van der Waals surface area contributed by atoms with E-state index in [-0.39, 0.29) is 6.04 Å². The summed E-state index contributed by atoms with van der Waals surface area (Å²) >= 11 is 0. The minimum Gasteiger partial charge on any atom is -0.322 e. The topological polar surface area (TPSA) is 43.1 Å². The normalized spacial score (nSPS) is 12.6. The van der Waals surface area contributed by atoms with Gasteiger partial charge in [0.1, 0.15) is 6.29 Å². The Morgan fingerprint density at radius 1 is 0.778 bits per heavy atom. The Labute approximate surface area is 114 Å². The molecule has 2 heteroatoms. The van der Waals surface area contributed by atoms with Gasteiger partial charge in [0.05, 0.1) is 6.04 Å². The fourth-order valence-corrected chi connectivity index (χ4v) is 2.29. The van der Waals surface area contributed by atoms with Crippen LogP contribution < -0.4 is 5.73 Å². The molecule has 0 bridgehead atoms. The van der Waals surface area contributed by atoms with Crippen molar-refractivity contribution < 1.29 is 4.79 Å². The highest BCUT2D eigenvalue weighted by Gasteiger charge is 1.98. The van der Waals surface area contributed by atoms with Crippen LogP contribution in [0.5, 0.6) is 0 Å². The molecule has 0 saturated heterocycles. The van der Waals surface area contributed by atoms with E-state index >= 15 is 0 Å². The van der Waals surface area contributed by atoms with Gasteiger partial charge in [0.15, 0.2) is 0 Å².